The summed E-state index contributed by atoms with van der Waals surface area (Å²) >= 11 is 1.31. The Balaban J connectivity index is 1.89. The highest BCUT2D eigenvalue weighted by Crippen LogP contribution is 2.22. The zero-order valence-corrected chi connectivity index (χ0v) is 16.2. The fourth-order valence-electron chi connectivity index (χ4n) is 2.84. The lowest BCUT2D eigenvalue weighted by Crippen LogP contribution is -3.11. The Morgan fingerprint density at radius 3 is 2.27 bits per heavy atom. The molecule has 0 saturated heterocycles. The maximum Gasteiger partial charge on any atom is 0.280 e. The monoisotopic (exact) mass is 371 g/mol. The van der Waals surface area contributed by atoms with Crippen molar-refractivity contribution in [3.63, 3.8) is 0 Å². The number of benzene rings is 1. The first-order valence-corrected chi connectivity index (χ1v) is 9.14. The molecule has 2 rings (SSSR count). The van der Waals surface area contributed by atoms with E-state index in [1.807, 2.05) is 39.0 Å². The van der Waals surface area contributed by atoms with E-state index in [0.717, 1.165) is 27.3 Å². The summed E-state index contributed by atoms with van der Waals surface area (Å²) in [6.07, 6.45) is 0. The molecule has 2 aromatic rings. The van der Waals surface area contributed by atoms with Crippen LogP contribution in [0.4, 0.5) is 10.7 Å². The molecule has 3 N–H and O–H groups in total. The Morgan fingerprint density at radius 1 is 1.12 bits per heavy atom. The zero-order valence-electron chi connectivity index (χ0n) is 15.4. The average molecular weight is 371 g/mol. The molecule has 136 valence electrons. The van der Waals surface area contributed by atoms with Gasteiger partial charge in [0.1, 0.15) is 11.1 Å². The van der Waals surface area contributed by atoms with Crippen LogP contribution in [0.5, 0.6) is 0 Å². The minimum Gasteiger partial charge on any atom is -0.322 e. The molecular weight excluding hydrogens is 348 g/mol. The molecule has 1 atom stereocenters. The zero-order chi connectivity index (χ0) is 19.3. The Morgan fingerprint density at radius 2 is 1.69 bits per heavy atom. The quantitative estimate of drug-likeness (QED) is 0.721. The molecule has 0 aliphatic rings. The van der Waals surface area contributed by atoms with Gasteiger partial charge >= 0.3 is 0 Å². The molecule has 26 heavy (non-hydrogen) atoms. The van der Waals surface area contributed by atoms with Crippen molar-refractivity contribution in [3.8, 4) is 6.07 Å². The number of anilines is 2. The molecule has 0 bridgehead atoms. The molecule has 0 fully saturated rings. The SMILES string of the molecule is Cc1cc(C)c(NC(=O)C[NH+](C)CC(=O)Nc2sccc2C#N)c(C)c1. The van der Waals surface area contributed by atoms with Crippen molar-refractivity contribution in [2.75, 3.05) is 30.8 Å². The smallest absolute Gasteiger partial charge is 0.280 e. The topological polar surface area (TPSA) is 86.4 Å². The summed E-state index contributed by atoms with van der Waals surface area (Å²) in [7, 11) is 1.79. The number of nitrogens with one attached hydrogen (secondary N) is 3. The molecule has 2 amide bonds. The molecule has 0 aliphatic carbocycles. The maximum absolute atomic E-state index is 12.3. The molecule has 1 heterocycles. The van der Waals surface area contributed by atoms with Crippen molar-refractivity contribution < 1.29 is 14.5 Å². The first kappa shape index (κ1) is 19.6. The number of carbonyl (C=O) groups excluding carboxylic acids is 2. The van der Waals surface area contributed by atoms with Gasteiger partial charge in [-0.15, -0.1) is 11.3 Å². The normalized spacial score (nSPS) is 11.5. The Bertz CT molecular complexity index is 844. The van der Waals surface area contributed by atoms with Gasteiger partial charge in [-0.2, -0.15) is 5.26 Å². The van der Waals surface area contributed by atoms with Crippen molar-refractivity contribution >= 4 is 33.8 Å². The van der Waals surface area contributed by atoms with Crippen LogP contribution in [0.3, 0.4) is 0 Å². The summed E-state index contributed by atoms with van der Waals surface area (Å²) in [6, 6.07) is 7.75. The van der Waals surface area contributed by atoms with Gasteiger partial charge in [0, 0.05) is 5.69 Å². The van der Waals surface area contributed by atoms with Gasteiger partial charge in [-0.25, -0.2) is 0 Å². The number of carbonyl (C=O) groups is 2. The van der Waals surface area contributed by atoms with E-state index in [2.05, 4.69) is 10.6 Å². The predicted octanol–water partition coefficient (Wildman–Crippen LogP) is 1.64. The lowest BCUT2D eigenvalue weighted by Gasteiger charge is -2.16. The van der Waals surface area contributed by atoms with Crippen LogP contribution < -0.4 is 15.5 Å². The number of nitriles is 1. The standard InChI is InChI=1S/C19H22N4O2S/c1-12-7-13(2)18(14(3)8-12)21-16(24)10-23(4)11-17(25)22-19-15(9-20)5-6-26-19/h5-8H,10-11H2,1-4H3,(H,21,24)(H,22,25)/p+1. The van der Waals surface area contributed by atoms with Crippen molar-refractivity contribution in [1.82, 2.24) is 0 Å². The second-order valence-corrected chi connectivity index (χ2v) is 7.37. The number of quaternary nitrogens is 1. The summed E-state index contributed by atoms with van der Waals surface area (Å²) in [4.78, 5) is 25.2. The largest absolute Gasteiger partial charge is 0.322 e. The summed E-state index contributed by atoms with van der Waals surface area (Å²) in [5.41, 5.74) is 4.47. The summed E-state index contributed by atoms with van der Waals surface area (Å²) in [5, 5.41) is 16.9. The van der Waals surface area contributed by atoms with Crippen molar-refractivity contribution in [2.45, 2.75) is 20.8 Å². The van der Waals surface area contributed by atoms with E-state index in [0.29, 0.717) is 10.6 Å². The van der Waals surface area contributed by atoms with Crippen LogP contribution in [-0.2, 0) is 9.59 Å². The number of nitrogens with zero attached hydrogens (tertiary/aromatic N) is 1. The van der Waals surface area contributed by atoms with Gasteiger partial charge < -0.3 is 15.5 Å². The third-order valence-corrected chi connectivity index (χ3v) is 4.73. The van der Waals surface area contributed by atoms with E-state index in [4.69, 9.17) is 5.26 Å². The fourth-order valence-corrected chi connectivity index (χ4v) is 3.59. The summed E-state index contributed by atoms with van der Waals surface area (Å²) in [6.45, 7) is 6.27. The lowest BCUT2D eigenvalue weighted by molar-refractivity contribution is -0.862. The molecule has 1 aromatic carbocycles. The van der Waals surface area contributed by atoms with Crippen LogP contribution in [-0.4, -0.2) is 32.0 Å². The van der Waals surface area contributed by atoms with Gasteiger partial charge in [0.25, 0.3) is 11.8 Å². The van der Waals surface area contributed by atoms with Crippen LogP contribution >= 0.6 is 11.3 Å². The van der Waals surface area contributed by atoms with Gasteiger partial charge in [0.15, 0.2) is 13.1 Å². The Hall–Kier alpha value is -2.69. The van der Waals surface area contributed by atoms with E-state index < -0.39 is 0 Å². The van der Waals surface area contributed by atoms with Crippen LogP contribution in [0.25, 0.3) is 0 Å². The van der Waals surface area contributed by atoms with Crippen molar-refractivity contribution in [2.24, 2.45) is 0 Å². The molecule has 1 unspecified atom stereocenters. The van der Waals surface area contributed by atoms with E-state index in [1.54, 1.807) is 18.5 Å². The number of thiophene rings is 1. The molecule has 0 aliphatic heterocycles. The average Bonchev–Trinajstić information content (AvgIpc) is 2.97. The van der Waals surface area contributed by atoms with Gasteiger partial charge in [-0.1, -0.05) is 17.7 Å². The van der Waals surface area contributed by atoms with Gasteiger partial charge in [0.05, 0.1) is 12.6 Å². The number of amides is 2. The molecule has 7 heteroatoms. The number of rotatable bonds is 6. The van der Waals surface area contributed by atoms with E-state index in [1.165, 1.54) is 11.3 Å². The molecule has 0 spiro atoms. The molecular formula is C19H23N4O2S+. The summed E-state index contributed by atoms with van der Waals surface area (Å²) in [5.74, 6) is -0.365. The van der Waals surface area contributed by atoms with Gasteiger partial charge in [-0.3, -0.25) is 9.59 Å². The highest BCUT2D eigenvalue weighted by Gasteiger charge is 2.17. The van der Waals surface area contributed by atoms with Crippen LogP contribution in [0.15, 0.2) is 23.6 Å². The third kappa shape index (κ3) is 5.15. The first-order chi connectivity index (χ1) is 12.3. The highest BCUT2D eigenvalue weighted by molar-refractivity contribution is 7.14. The van der Waals surface area contributed by atoms with E-state index in [-0.39, 0.29) is 24.9 Å². The van der Waals surface area contributed by atoms with Crippen LogP contribution in [0, 0.1) is 32.1 Å². The summed E-state index contributed by atoms with van der Waals surface area (Å²) < 4.78 is 0. The molecule has 1 aromatic heterocycles. The minimum atomic E-state index is -0.225. The van der Waals surface area contributed by atoms with Crippen molar-refractivity contribution in [3.05, 3.63) is 45.8 Å². The molecule has 6 nitrogen and oxygen atoms in total. The molecule has 0 saturated carbocycles. The van der Waals surface area contributed by atoms with E-state index in [9.17, 15) is 9.59 Å². The number of hydrogen-bond acceptors (Lipinski definition) is 4. The Labute approximate surface area is 157 Å². The predicted molar refractivity (Wildman–Crippen MR) is 104 cm³/mol. The first-order valence-electron chi connectivity index (χ1n) is 8.26. The second kappa shape index (κ2) is 8.61. The fraction of sp³-hybridized carbons (Fsp3) is 0.316. The number of likely N-dealkylation sites (N-methyl/N-ethyl adjacent to an activating group) is 1. The van der Waals surface area contributed by atoms with Gasteiger partial charge in [0.2, 0.25) is 0 Å². The minimum absolute atomic E-state index is 0.140. The Kier molecular flexibility index (Phi) is 6.50. The number of aryl methyl sites for hydroxylation is 3. The van der Waals surface area contributed by atoms with Crippen LogP contribution in [0.2, 0.25) is 0 Å². The van der Waals surface area contributed by atoms with E-state index >= 15 is 0 Å². The lowest BCUT2D eigenvalue weighted by atomic mass is 10.1. The maximum atomic E-state index is 12.3. The number of hydrogen-bond donors (Lipinski definition) is 3. The van der Waals surface area contributed by atoms with Gasteiger partial charge in [-0.05, 0) is 43.3 Å². The van der Waals surface area contributed by atoms with Crippen LogP contribution in [0.1, 0.15) is 22.3 Å². The molecule has 0 radical (unpaired) electrons. The third-order valence-electron chi connectivity index (χ3n) is 3.90. The van der Waals surface area contributed by atoms with Crippen molar-refractivity contribution in [1.29, 1.82) is 5.26 Å². The highest BCUT2D eigenvalue weighted by atomic mass is 32.1. The second-order valence-electron chi connectivity index (χ2n) is 6.46.